The van der Waals surface area contributed by atoms with Crippen molar-refractivity contribution >= 4 is 15.9 Å². The molecular weight excluding hydrogens is 335 g/mol. The Bertz CT molecular complexity index is 585. The molecule has 2 aromatic rings. The highest BCUT2D eigenvalue weighted by Crippen LogP contribution is 2.26. The summed E-state index contributed by atoms with van der Waals surface area (Å²) in [4.78, 5) is 4.29. The van der Waals surface area contributed by atoms with Crippen molar-refractivity contribution in [3.05, 3.63) is 46.2 Å². The first-order valence-corrected chi connectivity index (χ1v) is 8.00. The van der Waals surface area contributed by atoms with Crippen LogP contribution in [0, 0.1) is 5.82 Å². The second kappa shape index (κ2) is 7.66. The molecule has 0 aliphatic rings. The third-order valence-electron chi connectivity index (χ3n) is 3.38. The van der Waals surface area contributed by atoms with Crippen molar-refractivity contribution < 1.29 is 4.39 Å². The third-order valence-corrected chi connectivity index (χ3v) is 3.99. The molecular formula is C15H20BrFN4. The molecule has 1 aromatic carbocycles. The number of nitrogens with zero attached hydrogens (tertiary/aromatic N) is 3. The van der Waals surface area contributed by atoms with Crippen LogP contribution >= 0.6 is 15.9 Å². The smallest absolute Gasteiger partial charge is 0.142 e. The first-order valence-electron chi connectivity index (χ1n) is 7.21. The summed E-state index contributed by atoms with van der Waals surface area (Å²) < 4.78 is 16.7. The Morgan fingerprint density at radius 1 is 1.38 bits per heavy atom. The number of aryl methyl sites for hydroxylation is 1. The van der Waals surface area contributed by atoms with E-state index in [1.807, 2.05) is 23.7 Å². The van der Waals surface area contributed by atoms with Gasteiger partial charge in [0.1, 0.15) is 18.0 Å². The molecule has 0 aliphatic heterocycles. The zero-order valence-electron chi connectivity index (χ0n) is 12.3. The highest BCUT2D eigenvalue weighted by Gasteiger charge is 2.19. The summed E-state index contributed by atoms with van der Waals surface area (Å²) in [7, 11) is 0. The lowest BCUT2D eigenvalue weighted by atomic mass is 10.0. The number of hydrogen-bond donors (Lipinski definition) is 1. The molecule has 21 heavy (non-hydrogen) atoms. The lowest BCUT2D eigenvalue weighted by Crippen LogP contribution is -2.26. The van der Waals surface area contributed by atoms with Crippen LogP contribution < -0.4 is 5.32 Å². The predicted octanol–water partition coefficient (Wildman–Crippen LogP) is 3.48. The Morgan fingerprint density at radius 3 is 2.90 bits per heavy atom. The van der Waals surface area contributed by atoms with E-state index in [1.165, 1.54) is 0 Å². The van der Waals surface area contributed by atoms with Gasteiger partial charge in [0.25, 0.3) is 0 Å². The van der Waals surface area contributed by atoms with E-state index in [4.69, 9.17) is 0 Å². The zero-order valence-corrected chi connectivity index (χ0v) is 13.9. The minimum absolute atomic E-state index is 0.114. The normalized spacial score (nSPS) is 12.6. The average molecular weight is 355 g/mol. The van der Waals surface area contributed by atoms with Crippen LogP contribution in [0.5, 0.6) is 0 Å². The highest BCUT2D eigenvalue weighted by atomic mass is 79.9. The SMILES string of the molecule is CCCNC(Cc1ncnn1CC)c1cccc(Br)c1F. The Hall–Kier alpha value is -1.27. The van der Waals surface area contributed by atoms with E-state index in [9.17, 15) is 4.39 Å². The largest absolute Gasteiger partial charge is 0.309 e. The molecule has 1 N–H and O–H groups in total. The molecule has 1 atom stereocenters. The van der Waals surface area contributed by atoms with Crippen LogP contribution in [0.15, 0.2) is 29.0 Å². The molecule has 0 radical (unpaired) electrons. The number of benzene rings is 1. The van der Waals surface area contributed by atoms with Crippen LogP contribution in [0.4, 0.5) is 4.39 Å². The molecule has 0 spiro atoms. The second-order valence-corrected chi connectivity index (χ2v) is 5.70. The summed E-state index contributed by atoms with van der Waals surface area (Å²) >= 11 is 3.25. The van der Waals surface area contributed by atoms with Crippen LogP contribution in [-0.2, 0) is 13.0 Å². The number of halogens is 2. The van der Waals surface area contributed by atoms with Gasteiger partial charge in [-0.05, 0) is 41.9 Å². The van der Waals surface area contributed by atoms with E-state index >= 15 is 0 Å². The number of nitrogens with one attached hydrogen (secondary N) is 1. The lowest BCUT2D eigenvalue weighted by Gasteiger charge is -2.20. The molecule has 1 aromatic heterocycles. The molecule has 114 valence electrons. The fraction of sp³-hybridized carbons (Fsp3) is 0.467. The second-order valence-electron chi connectivity index (χ2n) is 4.85. The quantitative estimate of drug-likeness (QED) is 0.827. The summed E-state index contributed by atoms with van der Waals surface area (Å²) in [5, 5.41) is 7.58. The molecule has 0 saturated heterocycles. The maximum atomic E-state index is 14.4. The molecule has 2 rings (SSSR count). The van der Waals surface area contributed by atoms with Crippen molar-refractivity contribution in [2.45, 2.75) is 39.3 Å². The minimum Gasteiger partial charge on any atom is -0.309 e. The zero-order chi connectivity index (χ0) is 15.2. The Kier molecular flexibility index (Phi) is 5.87. The maximum Gasteiger partial charge on any atom is 0.142 e. The van der Waals surface area contributed by atoms with E-state index in [-0.39, 0.29) is 11.9 Å². The molecule has 0 aliphatic carbocycles. The van der Waals surface area contributed by atoms with Crippen LogP contribution in [-0.4, -0.2) is 21.3 Å². The molecule has 1 heterocycles. The molecule has 0 saturated carbocycles. The molecule has 1 unspecified atom stereocenters. The van der Waals surface area contributed by atoms with Crippen molar-refractivity contribution in [1.29, 1.82) is 0 Å². The van der Waals surface area contributed by atoms with Gasteiger partial charge in [-0.1, -0.05) is 19.1 Å². The topological polar surface area (TPSA) is 42.7 Å². The van der Waals surface area contributed by atoms with Gasteiger partial charge in [-0.2, -0.15) is 5.10 Å². The van der Waals surface area contributed by atoms with Crippen LogP contribution in [0.2, 0.25) is 0 Å². The Balaban J connectivity index is 2.28. The molecule has 0 amide bonds. The van der Waals surface area contributed by atoms with E-state index in [0.29, 0.717) is 16.5 Å². The number of hydrogen-bond acceptors (Lipinski definition) is 3. The predicted molar refractivity (Wildman–Crippen MR) is 84.5 cm³/mol. The summed E-state index contributed by atoms with van der Waals surface area (Å²) in [6.07, 6.45) is 3.15. The van der Waals surface area contributed by atoms with Gasteiger partial charge in [0.15, 0.2) is 0 Å². The first kappa shape index (κ1) is 16.1. The summed E-state index contributed by atoms with van der Waals surface area (Å²) in [5.74, 6) is 0.652. The Morgan fingerprint density at radius 2 is 2.19 bits per heavy atom. The fourth-order valence-electron chi connectivity index (χ4n) is 2.29. The van der Waals surface area contributed by atoms with Crippen molar-refractivity contribution in [3.63, 3.8) is 0 Å². The van der Waals surface area contributed by atoms with Crippen molar-refractivity contribution in [1.82, 2.24) is 20.1 Å². The highest BCUT2D eigenvalue weighted by molar-refractivity contribution is 9.10. The summed E-state index contributed by atoms with van der Waals surface area (Å²) in [6, 6.07) is 5.27. The van der Waals surface area contributed by atoms with Gasteiger partial charge in [-0.25, -0.2) is 9.37 Å². The van der Waals surface area contributed by atoms with E-state index in [1.54, 1.807) is 12.4 Å². The van der Waals surface area contributed by atoms with Crippen molar-refractivity contribution in [3.8, 4) is 0 Å². The fourth-order valence-corrected chi connectivity index (χ4v) is 2.67. The van der Waals surface area contributed by atoms with Gasteiger partial charge >= 0.3 is 0 Å². The van der Waals surface area contributed by atoms with Crippen LogP contribution in [0.1, 0.15) is 37.7 Å². The van der Waals surface area contributed by atoms with Crippen LogP contribution in [0.3, 0.4) is 0 Å². The van der Waals surface area contributed by atoms with E-state index in [2.05, 4.69) is 38.3 Å². The van der Waals surface area contributed by atoms with Crippen LogP contribution in [0.25, 0.3) is 0 Å². The van der Waals surface area contributed by atoms with Gasteiger partial charge in [0, 0.05) is 24.6 Å². The molecule has 0 fully saturated rings. The number of rotatable bonds is 7. The van der Waals surface area contributed by atoms with Gasteiger partial charge in [-0.15, -0.1) is 0 Å². The Labute approximate surface area is 132 Å². The van der Waals surface area contributed by atoms with Gasteiger partial charge in [-0.3, -0.25) is 4.68 Å². The van der Waals surface area contributed by atoms with E-state index in [0.717, 1.165) is 25.3 Å². The third kappa shape index (κ3) is 3.89. The molecule has 6 heteroatoms. The van der Waals surface area contributed by atoms with Gasteiger partial charge < -0.3 is 5.32 Å². The minimum atomic E-state index is -0.214. The van der Waals surface area contributed by atoms with Gasteiger partial charge in [0.2, 0.25) is 0 Å². The average Bonchev–Trinajstić information content (AvgIpc) is 2.93. The van der Waals surface area contributed by atoms with Crippen molar-refractivity contribution in [2.75, 3.05) is 6.54 Å². The maximum absolute atomic E-state index is 14.4. The van der Waals surface area contributed by atoms with Crippen molar-refractivity contribution in [2.24, 2.45) is 0 Å². The summed E-state index contributed by atoms with van der Waals surface area (Å²) in [5.41, 5.74) is 0.656. The molecule has 4 nitrogen and oxygen atoms in total. The first-order chi connectivity index (χ1) is 10.2. The standard InChI is InChI=1S/C15H20BrFN4/c1-3-8-18-13(9-14-19-10-20-21(14)4-2)11-6-5-7-12(16)15(11)17/h5-7,10,13,18H,3-4,8-9H2,1-2H3. The summed E-state index contributed by atoms with van der Waals surface area (Å²) in [6.45, 7) is 5.70. The van der Waals surface area contributed by atoms with Gasteiger partial charge in [0.05, 0.1) is 4.47 Å². The van der Waals surface area contributed by atoms with E-state index < -0.39 is 0 Å². The monoisotopic (exact) mass is 354 g/mol. The molecule has 0 bridgehead atoms. The number of aromatic nitrogens is 3. The lowest BCUT2D eigenvalue weighted by molar-refractivity contribution is 0.473.